The highest BCUT2D eigenvalue weighted by molar-refractivity contribution is 5.77. The number of carbonyl (C=O) groups excluding carboxylic acids is 1. The summed E-state index contributed by atoms with van der Waals surface area (Å²) < 4.78 is 13.5. The van der Waals surface area contributed by atoms with Gasteiger partial charge in [-0.15, -0.1) is 0 Å². The molecule has 18 heavy (non-hydrogen) atoms. The van der Waals surface area contributed by atoms with E-state index in [9.17, 15) is 9.18 Å². The molecule has 1 aromatic carbocycles. The monoisotopic (exact) mass is 254 g/mol. The molecule has 0 aliphatic heterocycles. The molecule has 0 aromatic heterocycles. The third-order valence-electron chi connectivity index (χ3n) is 2.59. The highest BCUT2D eigenvalue weighted by atomic mass is 19.1. The van der Waals surface area contributed by atoms with E-state index in [4.69, 9.17) is 5.11 Å². The van der Waals surface area contributed by atoms with Crippen LogP contribution in [0.1, 0.15) is 31.9 Å². The number of rotatable bonds is 6. The van der Waals surface area contributed by atoms with Crippen molar-refractivity contribution in [3.63, 3.8) is 0 Å². The molecule has 100 valence electrons. The SMILES string of the molecule is CCCNC(=O)CNC(C)c1ccc(O)cc1F. The van der Waals surface area contributed by atoms with E-state index in [1.807, 2.05) is 6.92 Å². The molecular weight excluding hydrogens is 235 g/mol. The number of hydrogen-bond donors (Lipinski definition) is 3. The fourth-order valence-electron chi connectivity index (χ4n) is 1.55. The molecule has 0 spiro atoms. The van der Waals surface area contributed by atoms with Crippen LogP contribution in [0, 0.1) is 5.82 Å². The molecule has 0 saturated heterocycles. The normalized spacial score (nSPS) is 12.2. The van der Waals surface area contributed by atoms with Gasteiger partial charge in [0, 0.05) is 24.2 Å². The Morgan fingerprint density at radius 2 is 2.22 bits per heavy atom. The lowest BCUT2D eigenvalue weighted by Gasteiger charge is -2.15. The van der Waals surface area contributed by atoms with Crippen LogP contribution in [0.15, 0.2) is 18.2 Å². The Morgan fingerprint density at radius 1 is 1.50 bits per heavy atom. The Balaban J connectivity index is 2.50. The van der Waals surface area contributed by atoms with E-state index in [0.29, 0.717) is 12.1 Å². The summed E-state index contributed by atoms with van der Waals surface area (Å²) in [5, 5.41) is 14.8. The van der Waals surface area contributed by atoms with E-state index in [0.717, 1.165) is 12.5 Å². The van der Waals surface area contributed by atoms with Gasteiger partial charge in [0.2, 0.25) is 5.91 Å². The second-order valence-corrected chi connectivity index (χ2v) is 4.16. The van der Waals surface area contributed by atoms with E-state index < -0.39 is 5.82 Å². The molecule has 1 unspecified atom stereocenters. The van der Waals surface area contributed by atoms with Gasteiger partial charge < -0.3 is 15.7 Å². The van der Waals surface area contributed by atoms with Gasteiger partial charge in [0.15, 0.2) is 0 Å². The Labute approximate surface area is 106 Å². The predicted octanol–water partition coefficient (Wildman–Crippen LogP) is 1.71. The second-order valence-electron chi connectivity index (χ2n) is 4.16. The lowest BCUT2D eigenvalue weighted by molar-refractivity contribution is -0.120. The van der Waals surface area contributed by atoms with Crippen LogP contribution in [-0.4, -0.2) is 24.1 Å². The number of aromatic hydroxyl groups is 1. The number of nitrogens with one attached hydrogen (secondary N) is 2. The number of phenolic OH excluding ortho intramolecular Hbond substituents is 1. The van der Waals surface area contributed by atoms with E-state index in [2.05, 4.69) is 10.6 Å². The molecule has 1 aromatic rings. The smallest absolute Gasteiger partial charge is 0.233 e. The topological polar surface area (TPSA) is 61.4 Å². The van der Waals surface area contributed by atoms with Crippen LogP contribution in [0.3, 0.4) is 0 Å². The largest absolute Gasteiger partial charge is 0.508 e. The zero-order chi connectivity index (χ0) is 13.5. The van der Waals surface area contributed by atoms with E-state index in [1.165, 1.54) is 12.1 Å². The summed E-state index contributed by atoms with van der Waals surface area (Å²) in [6.45, 7) is 4.52. The van der Waals surface area contributed by atoms with Crippen molar-refractivity contribution in [1.29, 1.82) is 0 Å². The highest BCUT2D eigenvalue weighted by Gasteiger charge is 2.12. The fraction of sp³-hybridized carbons (Fsp3) is 0.462. The van der Waals surface area contributed by atoms with Crippen molar-refractivity contribution in [3.8, 4) is 5.75 Å². The Bertz CT molecular complexity index is 410. The quantitative estimate of drug-likeness (QED) is 0.724. The first-order valence-electron chi connectivity index (χ1n) is 6.03. The Kier molecular flexibility index (Phi) is 5.58. The zero-order valence-corrected chi connectivity index (χ0v) is 10.7. The lowest BCUT2D eigenvalue weighted by atomic mass is 10.1. The zero-order valence-electron chi connectivity index (χ0n) is 10.7. The molecule has 1 atom stereocenters. The molecule has 0 aliphatic rings. The summed E-state index contributed by atoms with van der Waals surface area (Å²) in [4.78, 5) is 11.4. The molecule has 3 N–H and O–H groups in total. The molecule has 0 heterocycles. The van der Waals surface area contributed by atoms with Crippen molar-refractivity contribution >= 4 is 5.91 Å². The minimum absolute atomic E-state index is 0.107. The molecule has 0 aliphatic carbocycles. The summed E-state index contributed by atoms with van der Waals surface area (Å²) in [5.74, 6) is -0.698. The molecule has 5 heteroatoms. The standard InChI is InChI=1S/C13H19FN2O2/c1-3-6-15-13(18)8-16-9(2)11-5-4-10(17)7-12(11)14/h4-5,7,9,16-17H,3,6,8H2,1-2H3,(H,15,18). The van der Waals surface area contributed by atoms with Gasteiger partial charge in [-0.05, 0) is 19.4 Å². The van der Waals surface area contributed by atoms with Gasteiger partial charge in [0.1, 0.15) is 11.6 Å². The van der Waals surface area contributed by atoms with Crippen LogP contribution in [-0.2, 0) is 4.79 Å². The molecule has 0 fully saturated rings. The van der Waals surface area contributed by atoms with Gasteiger partial charge in [-0.1, -0.05) is 13.0 Å². The van der Waals surface area contributed by atoms with Crippen molar-refractivity contribution in [2.45, 2.75) is 26.3 Å². The summed E-state index contributed by atoms with van der Waals surface area (Å²) in [5.41, 5.74) is 0.427. The van der Waals surface area contributed by atoms with Crippen molar-refractivity contribution in [2.24, 2.45) is 0 Å². The number of amides is 1. The minimum Gasteiger partial charge on any atom is -0.508 e. The summed E-state index contributed by atoms with van der Waals surface area (Å²) in [6, 6.07) is 3.70. The van der Waals surface area contributed by atoms with Gasteiger partial charge in [-0.25, -0.2) is 4.39 Å². The second kappa shape index (κ2) is 6.96. The molecule has 1 amide bonds. The maximum atomic E-state index is 13.5. The van der Waals surface area contributed by atoms with Gasteiger partial charge in [-0.3, -0.25) is 4.79 Å². The lowest BCUT2D eigenvalue weighted by Crippen LogP contribution is -2.35. The molecule has 4 nitrogen and oxygen atoms in total. The first-order valence-corrected chi connectivity index (χ1v) is 6.03. The molecule has 0 saturated carbocycles. The number of carbonyl (C=O) groups is 1. The van der Waals surface area contributed by atoms with Gasteiger partial charge >= 0.3 is 0 Å². The Morgan fingerprint density at radius 3 is 2.83 bits per heavy atom. The van der Waals surface area contributed by atoms with Gasteiger partial charge in [0.25, 0.3) is 0 Å². The maximum absolute atomic E-state index is 13.5. The molecule has 1 rings (SSSR count). The van der Waals surface area contributed by atoms with Crippen LogP contribution in [0.4, 0.5) is 4.39 Å². The maximum Gasteiger partial charge on any atom is 0.233 e. The number of halogens is 1. The van der Waals surface area contributed by atoms with Crippen molar-refractivity contribution in [1.82, 2.24) is 10.6 Å². The molecule has 0 bridgehead atoms. The first-order chi connectivity index (χ1) is 8.54. The molecule has 0 radical (unpaired) electrons. The summed E-state index contributed by atoms with van der Waals surface area (Å²) in [7, 11) is 0. The highest BCUT2D eigenvalue weighted by Crippen LogP contribution is 2.20. The number of hydrogen-bond acceptors (Lipinski definition) is 3. The molecular formula is C13H19FN2O2. The minimum atomic E-state index is -0.482. The first kappa shape index (κ1) is 14.4. The van der Waals surface area contributed by atoms with Crippen molar-refractivity contribution in [3.05, 3.63) is 29.6 Å². The predicted molar refractivity (Wildman–Crippen MR) is 67.8 cm³/mol. The number of benzene rings is 1. The Hall–Kier alpha value is -1.62. The van der Waals surface area contributed by atoms with Crippen molar-refractivity contribution in [2.75, 3.05) is 13.1 Å². The van der Waals surface area contributed by atoms with Crippen LogP contribution >= 0.6 is 0 Å². The average Bonchev–Trinajstić information content (AvgIpc) is 2.33. The summed E-state index contributed by atoms with van der Waals surface area (Å²) >= 11 is 0. The number of phenols is 1. The van der Waals surface area contributed by atoms with Crippen LogP contribution < -0.4 is 10.6 Å². The fourth-order valence-corrected chi connectivity index (χ4v) is 1.55. The third-order valence-corrected chi connectivity index (χ3v) is 2.59. The van der Waals surface area contributed by atoms with Crippen LogP contribution in [0.5, 0.6) is 5.75 Å². The van der Waals surface area contributed by atoms with Crippen molar-refractivity contribution < 1.29 is 14.3 Å². The van der Waals surface area contributed by atoms with E-state index in [1.54, 1.807) is 6.92 Å². The van der Waals surface area contributed by atoms with Gasteiger partial charge in [-0.2, -0.15) is 0 Å². The third kappa shape index (κ3) is 4.33. The van der Waals surface area contributed by atoms with Gasteiger partial charge in [0.05, 0.1) is 6.54 Å². The van der Waals surface area contributed by atoms with E-state index >= 15 is 0 Å². The summed E-state index contributed by atoms with van der Waals surface area (Å²) in [6.07, 6.45) is 0.883. The van der Waals surface area contributed by atoms with Crippen LogP contribution in [0.25, 0.3) is 0 Å². The van der Waals surface area contributed by atoms with E-state index in [-0.39, 0.29) is 24.2 Å². The average molecular weight is 254 g/mol. The van der Waals surface area contributed by atoms with Crippen LogP contribution in [0.2, 0.25) is 0 Å².